The normalized spacial score (nSPS) is 11.6. The fourth-order valence-corrected chi connectivity index (χ4v) is 3.18. The van der Waals surface area contributed by atoms with Gasteiger partial charge in [0.15, 0.2) is 5.82 Å². The first kappa shape index (κ1) is 24.6. The first-order valence-corrected chi connectivity index (χ1v) is 10.8. The maximum Gasteiger partial charge on any atom is 0.435 e. The number of carbonyl (C=O) groups excluding carboxylic acids is 2. The summed E-state index contributed by atoms with van der Waals surface area (Å²) >= 11 is 0. The van der Waals surface area contributed by atoms with Crippen LogP contribution in [0.3, 0.4) is 0 Å². The van der Waals surface area contributed by atoms with Crippen molar-refractivity contribution >= 4 is 29.0 Å². The Bertz CT molecular complexity index is 1230. The van der Waals surface area contributed by atoms with Crippen LogP contribution in [0.1, 0.15) is 52.8 Å². The molecule has 1 N–H and O–H groups in total. The number of hydrogen-bond donors (Lipinski definition) is 1. The quantitative estimate of drug-likeness (QED) is 0.539. The number of nitriles is 1. The molecule has 0 unspecified atom stereocenters. The molecular weight excluding hydrogens is 434 g/mol. The molecule has 1 aromatic carbocycles. The van der Waals surface area contributed by atoms with Gasteiger partial charge in [-0.15, -0.1) is 0 Å². The minimum Gasteiger partial charge on any atom is -0.443 e. The molecule has 178 valence electrons. The Morgan fingerprint density at radius 2 is 1.68 bits per heavy atom. The van der Waals surface area contributed by atoms with Crippen LogP contribution in [-0.4, -0.2) is 32.9 Å². The first-order chi connectivity index (χ1) is 15.9. The van der Waals surface area contributed by atoms with Gasteiger partial charge >= 0.3 is 12.2 Å². The van der Waals surface area contributed by atoms with Crippen molar-refractivity contribution in [2.45, 2.75) is 59.3 Å². The van der Waals surface area contributed by atoms with Crippen molar-refractivity contribution in [2.75, 3.05) is 5.01 Å². The van der Waals surface area contributed by atoms with Gasteiger partial charge in [0.1, 0.15) is 23.0 Å². The molecule has 3 aromatic rings. The third-order valence-corrected chi connectivity index (χ3v) is 4.45. The zero-order valence-corrected chi connectivity index (χ0v) is 20.2. The number of hydrazine groups is 1. The standard InChI is InChI=1S/C25H29N5O4/c1-24(2,3)33-22(31)28-30(23(32)34-25(4,5)6)21-13-12-20-19(27-21)14-18(15-26)29(20)16-17-10-8-7-9-11-17/h7-14H,16H2,1-6H3,(H,28,31). The van der Waals surface area contributed by atoms with E-state index < -0.39 is 23.4 Å². The fraction of sp³-hybridized carbons (Fsp3) is 0.360. The Hall–Kier alpha value is -4.06. The van der Waals surface area contributed by atoms with Gasteiger partial charge in [-0.05, 0) is 59.2 Å². The highest BCUT2D eigenvalue weighted by Crippen LogP contribution is 2.24. The first-order valence-electron chi connectivity index (χ1n) is 10.8. The van der Waals surface area contributed by atoms with Crippen molar-refractivity contribution in [3.8, 4) is 6.07 Å². The van der Waals surface area contributed by atoms with Crippen molar-refractivity contribution in [1.82, 2.24) is 15.0 Å². The predicted molar refractivity (Wildman–Crippen MR) is 128 cm³/mol. The predicted octanol–water partition coefficient (Wildman–Crippen LogP) is 5.14. The van der Waals surface area contributed by atoms with Crippen LogP contribution < -0.4 is 10.4 Å². The van der Waals surface area contributed by atoms with Crippen LogP contribution in [0.2, 0.25) is 0 Å². The van der Waals surface area contributed by atoms with Crippen LogP contribution in [-0.2, 0) is 16.0 Å². The number of hydrogen-bond acceptors (Lipinski definition) is 6. The lowest BCUT2D eigenvalue weighted by Crippen LogP contribution is -2.50. The van der Waals surface area contributed by atoms with Gasteiger partial charge in [-0.25, -0.2) is 20.0 Å². The van der Waals surface area contributed by atoms with Gasteiger partial charge < -0.3 is 14.0 Å². The maximum absolute atomic E-state index is 12.9. The molecule has 0 fully saturated rings. The monoisotopic (exact) mass is 463 g/mol. The van der Waals surface area contributed by atoms with Crippen LogP contribution >= 0.6 is 0 Å². The molecule has 2 amide bonds. The maximum atomic E-state index is 12.9. The van der Waals surface area contributed by atoms with Gasteiger partial charge in [-0.1, -0.05) is 30.3 Å². The van der Waals surface area contributed by atoms with Crippen molar-refractivity contribution in [3.63, 3.8) is 0 Å². The molecule has 0 aliphatic carbocycles. The third-order valence-electron chi connectivity index (χ3n) is 4.45. The molecule has 0 radical (unpaired) electrons. The van der Waals surface area contributed by atoms with Gasteiger partial charge in [-0.3, -0.25) is 0 Å². The number of carbonyl (C=O) groups is 2. The average molecular weight is 464 g/mol. The number of nitrogens with one attached hydrogen (secondary N) is 1. The Labute approximate surface area is 198 Å². The van der Waals surface area contributed by atoms with Crippen molar-refractivity contribution in [1.29, 1.82) is 5.26 Å². The molecule has 2 heterocycles. The summed E-state index contributed by atoms with van der Waals surface area (Å²) in [5.41, 5.74) is 3.50. The number of fused-ring (bicyclic) bond motifs is 1. The summed E-state index contributed by atoms with van der Waals surface area (Å²) in [4.78, 5) is 29.9. The SMILES string of the molecule is CC(C)(C)OC(=O)NN(C(=O)OC(C)(C)C)c1ccc2c(cc(C#N)n2Cc2ccccc2)n1. The zero-order valence-electron chi connectivity index (χ0n) is 20.2. The lowest BCUT2D eigenvalue weighted by molar-refractivity contribution is 0.0424. The van der Waals surface area contributed by atoms with E-state index in [9.17, 15) is 14.9 Å². The highest BCUT2D eigenvalue weighted by atomic mass is 16.6. The smallest absolute Gasteiger partial charge is 0.435 e. The van der Waals surface area contributed by atoms with Crippen molar-refractivity contribution in [3.05, 3.63) is 59.8 Å². The number of rotatable bonds is 3. The highest BCUT2D eigenvalue weighted by molar-refractivity contribution is 5.91. The molecule has 2 aromatic heterocycles. The molecule has 34 heavy (non-hydrogen) atoms. The van der Waals surface area contributed by atoms with Crippen LogP contribution in [0.25, 0.3) is 11.0 Å². The number of nitrogens with zero attached hydrogens (tertiary/aromatic N) is 4. The minimum atomic E-state index is -0.834. The summed E-state index contributed by atoms with van der Waals surface area (Å²) < 4.78 is 12.6. The van der Waals surface area contributed by atoms with E-state index >= 15 is 0 Å². The van der Waals surface area contributed by atoms with Crippen LogP contribution in [0, 0.1) is 11.3 Å². The molecule has 0 saturated carbocycles. The van der Waals surface area contributed by atoms with Crippen molar-refractivity contribution in [2.24, 2.45) is 0 Å². The number of benzene rings is 1. The summed E-state index contributed by atoms with van der Waals surface area (Å²) in [5.74, 6) is 0.119. The second-order valence-corrected chi connectivity index (χ2v) is 9.72. The second kappa shape index (κ2) is 9.43. The molecule has 3 rings (SSSR count). The average Bonchev–Trinajstić information content (AvgIpc) is 3.07. The van der Waals surface area contributed by atoms with Gasteiger partial charge in [-0.2, -0.15) is 10.3 Å². The van der Waals surface area contributed by atoms with Crippen LogP contribution in [0.4, 0.5) is 15.4 Å². The summed E-state index contributed by atoms with van der Waals surface area (Å²) in [6.07, 6.45) is -1.66. The topological polar surface area (TPSA) is 109 Å². The van der Waals surface area contributed by atoms with Gasteiger partial charge in [0.25, 0.3) is 0 Å². The molecule has 0 saturated heterocycles. The van der Waals surface area contributed by atoms with E-state index in [0.717, 1.165) is 10.6 Å². The van der Waals surface area contributed by atoms with Gasteiger partial charge in [0.05, 0.1) is 11.0 Å². The Morgan fingerprint density at radius 3 is 2.26 bits per heavy atom. The largest absolute Gasteiger partial charge is 0.443 e. The van der Waals surface area contributed by atoms with E-state index in [0.29, 0.717) is 23.3 Å². The summed E-state index contributed by atoms with van der Waals surface area (Å²) in [6, 6.07) is 16.9. The molecule has 0 aliphatic rings. The molecule has 9 heteroatoms. The van der Waals surface area contributed by atoms with Gasteiger partial charge in [0, 0.05) is 12.6 Å². The van der Waals surface area contributed by atoms with E-state index in [2.05, 4.69) is 16.5 Å². The van der Waals surface area contributed by atoms with E-state index in [-0.39, 0.29) is 5.82 Å². The fourth-order valence-electron chi connectivity index (χ4n) is 3.18. The lowest BCUT2D eigenvalue weighted by Gasteiger charge is -2.28. The summed E-state index contributed by atoms with van der Waals surface area (Å²) in [7, 11) is 0. The molecule has 9 nitrogen and oxygen atoms in total. The second-order valence-electron chi connectivity index (χ2n) is 9.72. The third kappa shape index (κ3) is 6.25. The van der Waals surface area contributed by atoms with Gasteiger partial charge in [0.2, 0.25) is 0 Å². The molecule has 0 spiro atoms. The van der Waals surface area contributed by atoms with E-state index in [4.69, 9.17) is 9.47 Å². The minimum absolute atomic E-state index is 0.119. The summed E-state index contributed by atoms with van der Waals surface area (Å²) in [6.45, 7) is 10.8. The van der Waals surface area contributed by atoms with E-state index in [1.54, 1.807) is 59.7 Å². The molecule has 0 aliphatic heterocycles. The number of aromatic nitrogens is 2. The zero-order chi connectivity index (χ0) is 25.1. The number of amides is 2. The lowest BCUT2D eigenvalue weighted by atomic mass is 10.2. The summed E-state index contributed by atoms with van der Waals surface area (Å²) in [5, 5.41) is 10.6. The Balaban J connectivity index is 2.00. The van der Waals surface area contributed by atoms with Crippen LogP contribution in [0.15, 0.2) is 48.5 Å². The molecular formula is C25H29N5O4. The Kier molecular flexibility index (Phi) is 6.82. The number of ether oxygens (including phenoxy) is 2. The number of anilines is 1. The molecule has 0 atom stereocenters. The Morgan fingerprint density at radius 1 is 1.03 bits per heavy atom. The highest BCUT2D eigenvalue weighted by Gasteiger charge is 2.28. The number of pyridine rings is 1. The van der Waals surface area contributed by atoms with E-state index in [1.807, 2.05) is 34.9 Å². The van der Waals surface area contributed by atoms with Crippen molar-refractivity contribution < 1.29 is 19.1 Å². The van der Waals surface area contributed by atoms with Crippen LogP contribution in [0.5, 0.6) is 0 Å². The molecule has 0 bridgehead atoms. The van der Waals surface area contributed by atoms with E-state index in [1.165, 1.54) is 0 Å².